The minimum absolute atomic E-state index is 0.247. The van der Waals surface area contributed by atoms with E-state index < -0.39 is 5.60 Å². The van der Waals surface area contributed by atoms with Gasteiger partial charge in [0.1, 0.15) is 12.4 Å². The molecule has 3 nitrogen and oxygen atoms in total. The second-order valence-corrected chi connectivity index (χ2v) is 5.82. The largest absolute Gasteiger partial charge is 0.490 e. The van der Waals surface area contributed by atoms with Crippen LogP contribution in [-0.2, 0) is 0 Å². The van der Waals surface area contributed by atoms with E-state index in [0.29, 0.717) is 6.61 Å². The van der Waals surface area contributed by atoms with Crippen molar-refractivity contribution >= 4 is 0 Å². The summed E-state index contributed by atoms with van der Waals surface area (Å²) in [6, 6.07) is 6.42. The molecule has 0 fully saturated rings. The third-order valence-electron chi connectivity index (χ3n) is 2.91. The highest BCUT2D eigenvalue weighted by atomic mass is 16.5. The summed E-state index contributed by atoms with van der Waals surface area (Å²) in [6.45, 7) is 11.2. The Bertz CT molecular complexity index is 396. The zero-order valence-electron chi connectivity index (χ0n) is 12.8. The van der Waals surface area contributed by atoms with E-state index in [1.165, 1.54) is 5.56 Å². The SMILES string of the molecule is CCCNC(C)c1cc(C)ccc1OCC(C)(C)O. The van der Waals surface area contributed by atoms with Crippen LogP contribution in [0.15, 0.2) is 18.2 Å². The van der Waals surface area contributed by atoms with Gasteiger partial charge in [-0.05, 0) is 46.7 Å². The van der Waals surface area contributed by atoms with Gasteiger partial charge in [0, 0.05) is 11.6 Å². The average Bonchev–Trinajstić information content (AvgIpc) is 2.33. The quantitative estimate of drug-likeness (QED) is 0.795. The smallest absolute Gasteiger partial charge is 0.124 e. The molecular formula is C16H27NO2. The van der Waals surface area contributed by atoms with Gasteiger partial charge in [0.15, 0.2) is 0 Å². The van der Waals surface area contributed by atoms with Crippen LogP contribution in [0.5, 0.6) is 5.75 Å². The Labute approximate surface area is 117 Å². The summed E-state index contributed by atoms with van der Waals surface area (Å²) in [6.07, 6.45) is 1.11. The summed E-state index contributed by atoms with van der Waals surface area (Å²) in [4.78, 5) is 0. The number of rotatable bonds is 7. The van der Waals surface area contributed by atoms with E-state index in [1.807, 2.05) is 12.1 Å². The van der Waals surface area contributed by atoms with E-state index in [-0.39, 0.29) is 6.04 Å². The zero-order chi connectivity index (χ0) is 14.5. The van der Waals surface area contributed by atoms with Crippen LogP contribution in [-0.4, -0.2) is 23.9 Å². The fraction of sp³-hybridized carbons (Fsp3) is 0.625. The van der Waals surface area contributed by atoms with Gasteiger partial charge in [0.25, 0.3) is 0 Å². The van der Waals surface area contributed by atoms with Crippen LogP contribution in [0.3, 0.4) is 0 Å². The molecular weight excluding hydrogens is 238 g/mol. The maximum Gasteiger partial charge on any atom is 0.124 e. The highest BCUT2D eigenvalue weighted by Crippen LogP contribution is 2.27. The molecule has 1 aromatic carbocycles. The summed E-state index contributed by atoms with van der Waals surface area (Å²) in [5.41, 5.74) is 1.55. The van der Waals surface area contributed by atoms with Crippen molar-refractivity contribution in [2.75, 3.05) is 13.2 Å². The van der Waals surface area contributed by atoms with Crippen LogP contribution in [0.1, 0.15) is 51.3 Å². The van der Waals surface area contributed by atoms with Crippen LogP contribution >= 0.6 is 0 Å². The lowest BCUT2D eigenvalue weighted by Crippen LogP contribution is -2.28. The molecule has 0 spiro atoms. The first-order chi connectivity index (χ1) is 8.83. The van der Waals surface area contributed by atoms with Gasteiger partial charge >= 0.3 is 0 Å². The van der Waals surface area contributed by atoms with Crippen LogP contribution < -0.4 is 10.1 Å². The molecule has 1 rings (SSSR count). The highest BCUT2D eigenvalue weighted by molar-refractivity contribution is 5.39. The van der Waals surface area contributed by atoms with Gasteiger partial charge in [0.2, 0.25) is 0 Å². The van der Waals surface area contributed by atoms with Crippen LogP contribution in [0, 0.1) is 6.92 Å². The third kappa shape index (κ3) is 5.62. The molecule has 1 unspecified atom stereocenters. The maximum absolute atomic E-state index is 9.76. The van der Waals surface area contributed by atoms with Gasteiger partial charge in [-0.15, -0.1) is 0 Å². The van der Waals surface area contributed by atoms with Crippen molar-refractivity contribution in [2.24, 2.45) is 0 Å². The number of aliphatic hydroxyl groups is 1. The number of ether oxygens (including phenoxy) is 1. The second kappa shape index (κ2) is 6.92. The number of hydrogen-bond acceptors (Lipinski definition) is 3. The van der Waals surface area contributed by atoms with Gasteiger partial charge in [-0.2, -0.15) is 0 Å². The Morgan fingerprint density at radius 2 is 2.05 bits per heavy atom. The van der Waals surface area contributed by atoms with E-state index in [0.717, 1.165) is 24.3 Å². The van der Waals surface area contributed by atoms with Crippen molar-refractivity contribution in [1.29, 1.82) is 0 Å². The van der Waals surface area contributed by atoms with E-state index in [1.54, 1.807) is 13.8 Å². The Morgan fingerprint density at radius 3 is 2.63 bits per heavy atom. The molecule has 0 saturated carbocycles. The average molecular weight is 265 g/mol. The first-order valence-corrected chi connectivity index (χ1v) is 7.02. The zero-order valence-corrected chi connectivity index (χ0v) is 12.8. The molecule has 19 heavy (non-hydrogen) atoms. The fourth-order valence-corrected chi connectivity index (χ4v) is 1.86. The third-order valence-corrected chi connectivity index (χ3v) is 2.91. The van der Waals surface area contributed by atoms with Crippen LogP contribution in [0.25, 0.3) is 0 Å². The van der Waals surface area contributed by atoms with Gasteiger partial charge in [0.05, 0.1) is 5.60 Å². The molecule has 0 bridgehead atoms. The lowest BCUT2D eigenvalue weighted by atomic mass is 10.0. The Hall–Kier alpha value is -1.06. The van der Waals surface area contributed by atoms with Crippen molar-refractivity contribution < 1.29 is 9.84 Å². The van der Waals surface area contributed by atoms with Crippen molar-refractivity contribution in [3.05, 3.63) is 29.3 Å². The van der Waals surface area contributed by atoms with E-state index >= 15 is 0 Å². The van der Waals surface area contributed by atoms with E-state index in [9.17, 15) is 5.11 Å². The predicted octanol–water partition coefficient (Wildman–Crippen LogP) is 3.21. The number of aryl methyl sites for hydroxylation is 1. The molecule has 108 valence electrons. The topological polar surface area (TPSA) is 41.5 Å². The molecule has 0 aromatic heterocycles. The molecule has 0 saturated heterocycles. The van der Waals surface area contributed by atoms with E-state index in [2.05, 4.69) is 32.2 Å². The first kappa shape index (κ1) is 16.0. The lowest BCUT2D eigenvalue weighted by molar-refractivity contribution is 0.0280. The number of benzene rings is 1. The minimum Gasteiger partial charge on any atom is -0.490 e. The summed E-state index contributed by atoms with van der Waals surface area (Å²) in [5.74, 6) is 0.851. The van der Waals surface area contributed by atoms with Crippen molar-refractivity contribution in [3.63, 3.8) is 0 Å². The standard InChI is InChI=1S/C16H27NO2/c1-6-9-17-13(3)14-10-12(2)7-8-15(14)19-11-16(4,5)18/h7-8,10,13,17-18H,6,9,11H2,1-5H3. The molecule has 1 atom stereocenters. The second-order valence-electron chi connectivity index (χ2n) is 5.82. The maximum atomic E-state index is 9.76. The minimum atomic E-state index is -0.817. The molecule has 0 aliphatic rings. The molecule has 3 heteroatoms. The van der Waals surface area contributed by atoms with Gasteiger partial charge in [-0.3, -0.25) is 0 Å². The fourth-order valence-electron chi connectivity index (χ4n) is 1.86. The monoisotopic (exact) mass is 265 g/mol. The molecule has 0 radical (unpaired) electrons. The van der Waals surface area contributed by atoms with E-state index in [4.69, 9.17) is 4.74 Å². The van der Waals surface area contributed by atoms with Crippen LogP contribution in [0.4, 0.5) is 0 Å². The number of nitrogens with one attached hydrogen (secondary N) is 1. The van der Waals surface area contributed by atoms with Crippen molar-refractivity contribution in [1.82, 2.24) is 5.32 Å². The predicted molar refractivity (Wildman–Crippen MR) is 79.7 cm³/mol. The van der Waals surface area contributed by atoms with Crippen molar-refractivity contribution in [2.45, 2.75) is 52.7 Å². The molecule has 1 aromatic rings. The first-order valence-electron chi connectivity index (χ1n) is 7.02. The van der Waals surface area contributed by atoms with Gasteiger partial charge in [-0.25, -0.2) is 0 Å². The van der Waals surface area contributed by atoms with Gasteiger partial charge in [-0.1, -0.05) is 24.6 Å². The number of hydrogen-bond donors (Lipinski definition) is 2. The molecule has 0 heterocycles. The Morgan fingerprint density at radius 1 is 1.37 bits per heavy atom. The van der Waals surface area contributed by atoms with Gasteiger partial charge < -0.3 is 15.2 Å². The molecule has 0 aliphatic heterocycles. The Balaban J connectivity index is 2.85. The van der Waals surface area contributed by atoms with Crippen molar-refractivity contribution in [3.8, 4) is 5.75 Å². The highest BCUT2D eigenvalue weighted by Gasteiger charge is 2.16. The Kier molecular flexibility index (Phi) is 5.83. The van der Waals surface area contributed by atoms with Crippen LogP contribution in [0.2, 0.25) is 0 Å². The summed E-state index contributed by atoms with van der Waals surface area (Å²) < 4.78 is 5.77. The molecule has 0 amide bonds. The molecule has 0 aliphatic carbocycles. The summed E-state index contributed by atoms with van der Waals surface area (Å²) in [5, 5.41) is 13.2. The lowest BCUT2D eigenvalue weighted by Gasteiger charge is -2.22. The normalized spacial score (nSPS) is 13.4. The summed E-state index contributed by atoms with van der Waals surface area (Å²) in [7, 11) is 0. The summed E-state index contributed by atoms with van der Waals surface area (Å²) >= 11 is 0. The molecule has 2 N–H and O–H groups in total.